The number of anilines is 2. The Labute approximate surface area is 204 Å². The Hall–Kier alpha value is -3.14. The summed E-state index contributed by atoms with van der Waals surface area (Å²) in [5.41, 5.74) is 11.7. The first kappa shape index (κ1) is 25.5. The van der Waals surface area contributed by atoms with Gasteiger partial charge in [-0.05, 0) is 67.9 Å². The van der Waals surface area contributed by atoms with E-state index in [-0.39, 0.29) is 34.1 Å². The summed E-state index contributed by atoms with van der Waals surface area (Å²) in [7, 11) is 0. The van der Waals surface area contributed by atoms with Gasteiger partial charge in [0, 0.05) is 11.7 Å². The molecule has 1 aromatic carbocycles. The van der Waals surface area contributed by atoms with Gasteiger partial charge in [-0.1, -0.05) is 26.7 Å². The van der Waals surface area contributed by atoms with Gasteiger partial charge >= 0.3 is 0 Å². The van der Waals surface area contributed by atoms with E-state index < -0.39 is 17.9 Å². The highest BCUT2D eigenvalue weighted by atomic mass is 32.1. The van der Waals surface area contributed by atoms with Gasteiger partial charge in [-0.25, -0.2) is 0 Å². The molecule has 1 saturated carbocycles. The predicted octanol–water partition coefficient (Wildman–Crippen LogP) is 3.34. The molecule has 1 fully saturated rings. The van der Waals surface area contributed by atoms with E-state index in [1.807, 2.05) is 20.8 Å². The number of rotatable bonds is 10. The first-order valence-electron chi connectivity index (χ1n) is 11.6. The van der Waals surface area contributed by atoms with E-state index in [4.69, 9.17) is 16.2 Å². The number of benzene rings is 1. The van der Waals surface area contributed by atoms with Crippen LogP contribution < -0.4 is 26.4 Å². The molecular weight excluding hydrogens is 454 g/mol. The van der Waals surface area contributed by atoms with Crippen LogP contribution in [0.3, 0.4) is 0 Å². The molecule has 1 aromatic heterocycles. The standard InChI is InChI=1S/C24H33N5O4S/c1-4-33-17-11-9-16(10-12-17)29(24(32)21-19(25)20(22(26)30)28-34-21)18(13-14(2)3)23(31)27-15-7-5-6-8-15/h9-12,14-15,18H,4-8,13,25H2,1-3H3,(H2,26,30)(H,27,31)/t18-/m1/s1. The normalized spacial score (nSPS) is 14.7. The number of nitrogens with one attached hydrogen (secondary N) is 1. The van der Waals surface area contributed by atoms with Crippen molar-refractivity contribution in [1.82, 2.24) is 9.69 Å². The van der Waals surface area contributed by atoms with Crippen molar-refractivity contribution in [2.24, 2.45) is 11.7 Å². The summed E-state index contributed by atoms with van der Waals surface area (Å²) in [6.45, 7) is 6.40. The molecule has 1 aliphatic carbocycles. The van der Waals surface area contributed by atoms with Crippen LogP contribution in [-0.2, 0) is 4.79 Å². The van der Waals surface area contributed by atoms with Crippen LogP contribution in [0.2, 0.25) is 0 Å². The lowest BCUT2D eigenvalue weighted by Gasteiger charge is -2.33. The van der Waals surface area contributed by atoms with E-state index in [1.54, 1.807) is 24.3 Å². The molecular formula is C24H33N5O4S. The summed E-state index contributed by atoms with van der Waals surface area (Å²) in [5.74, 6) is -0.724. The lowest BCUT2D eigenvalue weighted by atomic mass is 9.99. The summed E-state index contributed by atoms with van der Waals surface area (Å²) >= 11 is 0.804. The minimum atomic E-state index is -0.807. The van der Waals surface area contributed by atoms with Gasteiger partial charge in [0.2, 0.25) is 5.91 Å². The number of hydrogen-bond donors (Lipinski definition) is 3. The molecule has 3 rings (SSSR count). The third kappa shape index (κ3) is 5.85. The van der Waals surface area contributed by atoms with Gasteiger partial charge in [-0.15, -0.1) is 0 Å². The summed E-state index contributed by atoms with van der Waals surface area (Å²) in [5, 5.41) is 3.14. The molecule has 0 saturated heterocycles. The Morgan fingerprint density at radius 1 is 1.21 bits per heavy atom. The highest BCUT2D eigenvalue weighted by molar-refractivity contribution is 7.09. The lowest BCUT2D eigenvalue weighted by molar-refractivity contribution is -0.123. The van der Waals surface area contributed by atoms with Crippen molar-refractivity contribution in [2.75, 3.05) is 17.2 Å². The first-order valence-corrected chi connectivity index (χ1v) is 12.4. The largest absolute Gasteiger partial charge is 0.494 e. The fraction of sp³-hybridized carbons (Fsp3) is 0.500. The van der Waals surface area contributed by atoms with Gasteiger partial charge in [0.05, 0.1) is 12.3 Å². The highest BCUT2D eigenvalue weighted by Crippen LogP contribution is 2.31. The third-order valence-corrected chi connectivity index (χ3v) is 6.66. The molecule has 184 valence electrons. The second-order valence-electron chi connectivity index (χ2n) is 8.88. The van der Waals surface area contributed by atoms with Crippen molar-refractivity contribution in [1.29, 1.82) is 0 Å². The summed E-state index contributed by atoms with van der Waals surface area (Å²) in [6, 6.07) is 6.33. The molecule has 34 heavy (non-hydrogen) atoms. The SMILES string of the molecule is CCOc1ccc(N(C(=O)c2snc(C(N)=O)c2N)[C@H](CC(C)C)C(=O)NC2CCCC2)cc1. The molecule has 3 amide bonds. The van der Waals surface area contributed by atoms with Crippen LogP contribution in [-0.4, -0.2) is 40.8 Å². The van der Waals surface area contributed by atoms with Crippen molar-refractivity contribution < 1.29 is 19.1 Å². The van der Waals surface area contributed by atoms with Crippen LogP contribution in [0.1, 0.15) is 73.0 Å². The molecule has 2 aromatic rings. The molecule has 0 unspecified atom stereocenters. The quantitative estimate of drug-likeness (QED) is 0.469. The lowest BCUT2D eigenvalue weighted by Crippen LogP contribution is -2.52. The van der Waals surface area contributed by atoms with Gasteiger partial charge in [0.25, 0.3) is 11.8 Å². The van der Waals surface area contributed by atoms with Crippen molar-refractivity contribution in [3.8, 4) is 5.75 Å². The maximum absolute atomic E-state index is 13.8. The monoisotopic (exact) mass is 487 g/mol. The third-order valence-electron chi connectivity index (χ3n) is 5.81. The zero-order valence-corrected chi connectivity index (χ0v) is 20.7. The molecule has 10 heteroatoms. The topological polar surface area (TPSA) is 141 Å². The molecule has 0 bridgehead atoms. The van der Waals surface area contributed by atoms with Crippen LogP contribution in [0.5, 0.6) is 5.75 Å². The van der Waals surface area contributed by atoms with E-state index >= 15 is 0 Å². The Morgan fingerprint density at radius 3 is 2.38 bits per heavy atom. The Balaban J connectivity index is 2.04. The number of carbonyl (C=O) groups excluding carboxylic acids is 3. The number of nitrogens with two attached hydrogens (primary N) is 2. The number of amides is 3. The van der Waals surface area contributed by atoms with Crippen LogP contribution in [0.15, 0.2) is 24.3 Å². The molecule has 5 N–H and O–H groups in total. The molecule has 0 radical (unpaired) electrons. The smallest absolute Gasteiger partial charge is 0.272 e. The number of aromatic nitrogens is 1. The first-order chi connectivity index (χ1) is 16.2. The van der Waals surface area contributed by atoms with Crippen LogP contribution in [0.4, 0.5) is 11.4 Å². The van der Waals surface area contributed by atoms with Gasteiger partial charge in [0.15, 0.2) is 5.69 Å². The second kappa shape index (κ2) is 11.3. The highest BCUT2D eigenvalue weighted by Gasteiger charge is 2.36. The van der Waals surface area contributed by atoms with Crippen molar-refractivity contribution in [3.63, 3.8) is 0 Å². The van der Waals surface area contributed by atoms with Crippen LogP contribution in [0, 0.1) is 5.92 Å². The van der Waals surface area contributed by atoms with E-state index in [0.29, 0.717) is 24.5 Å². The van der Waals surface area contributed by atoms with Crippen molar-refractivity contribution >= 4 is 40.6 Å². The molecule has 1 aliphatic rings. The minimum Gasteiger partial charge on any atom is -0.494 e. The average molecular weight is 488 g/mol. The minimum absolute atomic E-state index is 0.0714. The predicted molar refractivity (Wildman–Crippen MR) is 133 cm³/mol. The van der Waals surface area contributed by atoms with Crippen molar-refractivity contribution in [3.05, 3.63) is 34.8 Å². The fourth-order valence-corrected chi connectivity index (χ4v) is 4.93. The number of ether oxygens (including phenoxy) is 1. The maximum Gasteiger partial charge on any atom is 0.272 e. The van der Waals surface area contributed by atoms with Crippen LogP contribution >= 0.6 is 11.5 Å². The van der Waals surface area contributed by atoms with Crippen LogP contribution in [0.25, 0.3) is 0 Å². The number of nitrogen functional groups attached to an aromatic ring is 1. The molecule has 1 atom stereocenters. The van der Waals surface area contributed by atoms with Gasteiger partial charge < -0.3 is 21.5 Å². The number of primary amides is 1. The Kier molecular flexibility index (Phi) is 8.49. The zero-order valence-electron chi connectivity index (χ0n) is 19.9. The fourth-order valence-electron chi connectivity index (χ4n) is 4.19. The van der Waals surface area contributed by atoms with E-state index in [0.717, 1.165) is 37.2 Å². The summed E-state index contributed by atoms with van der Waals surface area (Å²) in [6.07, 6.45) is 4.46. The molecule has 1 heterocycles. The summed E-state index contributed by atoms with van der Waals surface area (Å²) < 4.78 is 9.51. The number of carbonyl (C=O) groups is 3. The number of hydrogen-bond acceptors (Lipinski definition) is 7. The number of nitrogens with zero attached hydrogens (tertiary/aromatic N) is 2. The van der Waals surface area contributed by atoms with E-state index in [2.05, 4.69) is 9.69 Å². The molecule has 9 nitrogen and oxygen atoms in total. The Bertz CT molecular complexity index is 1010. The van der Waals surface area contributed by atoms with Gasteiger partial charge in [-0.3, -0.25) is 19.3 Å². The molecule has 0 aliphatic heterocycles. The van der Waals surface area contributed by atoms with E-state index in [9.17, 15) is 14.4 Å². The van der Waals surface area contributed by atoms with E-state index in [1.165, 1.54) is 4.90 Å². The second-order valence-corrected chi connectivity index (χ2v) is 9.65. The van der Waals surface area contributed by atoms with Crippen molar-refractivity contribution in [2.45, 2.75) is 65.0 Å². The molecule has 0 spiro atoms. The zero-order chi connectivity index (χ0) is 24.8. The van der Waals surface area contributed by atoms with Gasteiger partial charge in [-0.2, -0.15) is 4.37 Å². The maximum atomic E-state index is 13.8. The van der Waals surface area contributed by atoms with Gasteiger partial charge in [0.1, 0.15) is 16.7 Å². The summed E-state index contributed by atoms with van der Waals surface area (Å²) in [4.78, 5) is 40.5. The Morgan fingerprint density at radius 2 is 1.85 bits per heavy atom. The average Bonchev–Trinajstić information content (AvgIpc) is 3.43.